The van der Waals surface area contributed by atoms with Crippen LogP contribution in [0.2, 0.25) is 0 Å². The van der Waals surface area contributed by atoms with Crippen LogP contribution in [0.3, 0.4) is 0 Å². The van der Waals surface area contributed by atoms with E-state index in [0.717, 1.165) is 36.0 Å². The average Bonchev–Trinajstić information content (AvgIpc) is 2.93. The molecule has 0 bridgehead atoms. The van der Waals surface area contributed by atoms with Gasteiger partial charge in [0.05, 0.1) is 6.61 Å². The zero-order valence-electron chi connectivity index (χ0n) is 21.4. The van der Waals surface area contributed by atoms with Gasteiger partial charge in [-0.15, -0.1) is 0 Å². The molecule has 0 aliphatic heterocycles. The summed E-state index contributed by atoms with van der Waals surface area (Å²) in [6.45, 7) is 1.75. The lowest BCUT2D eigenvalue weighted by atomic mass is 9.78. The minimum Gasteiger partial charge on any atom is -0.491 e. The first-order valence-electron chi connectivity index (χ1n) is 13.0. The van der Waals surface area contributed by atoms with E-state index in [2.05, 4.69) is 4.98 Å². The molecule has 7 heteroatoms. The number of benzene rings is 3. The molecule has 1 aliphatic carbocycles. The SMILES string of the molecule is Cc1c[nH]c(=O)n(C(OC(c2ccccc2)(c2ccccc2)c2cccc(OCCO)c2)C2CCC2)c1=O. The van der Waals surface area contributed by atoms with Gasteiger partial charge in [0.1, 0.15) is 24.2 Å². The largest absolute Gasteiger partial charge is 0.491 e. The standard InChI is InChI=1S/C31H32N2O5/c1-22-21-32-30(36)33(28(22)35)29(23-10-8-11-23)38-31(24-12-4-2-5-13-24,25-14-6-3-7-15-25)26-16-9-17-27(20-26)37-19-18-34/h2-7,9,12-17,20-21,23,29,34H,8,10-11,18-19H2,1H3,(H,32,36). The van der Waals surface area contributed by atoms with Gasteiger partial charge in [-0.1, -0.05) is 79.2 Å². The van der Waals surface area contributed by atoms with Crippen molar-refractivity contribution in [1.82, 2.24) is 9.55 Å². The summed E-state index contributed by atoms with van der Waals surface area (Å²) < 4.78 is 14.2. The van der Waals surface area contributed by atoms with E-state index in [1.165, 1.54) is 10.8 Å². The smallest absolute Gasteiger partial charge is 0.330 e. The molecule has 1 aromatic heterocycles. The van der Waals surface area contributed by atoms with Gasteiger partial charge < -0.3 is 19.6 Å². The number of aromatic nitrogens is 2. The van der Waals surface area contributed by atoms with Crippen LogP contribution in [-0.2, 0) is 10.3 Å². The molecule has 0 radical (unpaired) electrons. The first-order valence-corrected chi connectivity index (χ1v) is 13.0. The van der Waals surface area contributed by atoms with Gasteiger partial charge in [0.2, 0.25) is 0 Å². The van der Waals surface area contributed by atoms with Gasteiger partial charge >= 0.3 is 5.69 Å². The van der Waals surface area contributed by atoms with Gasteiger partial charge in [-0.3, -0.25) is 4.79 Å². The molecule has 1 heterocycles. The molecule has 38 heavy (non-hydrogen) atoms. The molecule has 5 rings (SSSR count). The van der Waals surface area contributed by atoms with Gasteiger partial charge in [0.15, 0.2) is 0 Å². The van der Waals surface area contributed by atoms with E-state index in [-0.39, 0.29) is 24.7 Å². The Kier molecular flexibility index (Phi) is 7.58. The zero-order chi connectivity index (χ0) is 26.5. The van der Waals surface area contributed by atoms with Crippen molar-refractivity contribution in [2.75, 3.05) is 13.2 Å². The second-order valence-corrected chi connectivity index (χ2v) is 9.66. The van der Waals surface area contributed by atoms with Crippen LogP contribution in [0.25, 0.3) is 0 Å². The number of aliphatic hydroxyl groups excluding tert-OH is 1. The Labute approximate surface area is 221 Å². The molecule has 3 aromatic carbocycles. The Morgan fingerprint density at radius 2 is 1.58 bits per heavy atom. The van der Waals surface area contributed by atoms with Crippen LogP contribution in [0.1, 0.15) is 47.7 Å². The van der Waals surface area contributed by atoms with Crippen molar-refractivity contribution in [1.29, 1.82) is 0 Å². The van der Waals surface area contributed by atoms with Crippen LogP contribution in [0, 0.1) is 12.8 Å². The van der Waals surface area contributed by atoms with E-state index >= 15 is 0 Å². The topological polar surface area (TPSA) is 93.6 Å². The Bertz CT molecular complexity index is 1440. The fraction of sp³-hybridized carbons (Fsp3) is 0.290. The first-order chi connectivity index (χ1) is 18.5. The van der Waals surface area contributed by atoms with Gasteiger partial charge in [-0.05, 0) is 48.6 Å². The Morgan fingerprint density at radius 3 is 2.16 bits per heavy atom. The van der Waals surface area contributed by atoms with E-state index in [0.29, 0.717) is 11.3 Å². The summed E-state index contributed by atoms with van der Waals surface area (Å²) in [7, 11) is 0. The van der Waals surface area contributed by atoms with Crippen molar-refractivity contribution < 1.29 is 14.6 Å². The number of H-pyrrole nitrogens is 1. The molecule has 0 spiro atoms. The third-order valence-electron chi connectivity index (χ3n) is 7.25. The zero-order valence-corrected chi connectivity index (χ0v) is 21.4. The highest BCUT2D eigenvalue weighted by molar-refractivity contribution is 5.49. The second-order valence-electron chi connectivity index (χ2n) is 9.66. The third-order valence-corrected chi connectivity index (χ3v) is 7.25. The number of aryl methyl sites for hydroxylation is 1. The number of rotatable bonds is 10. The van der Waals surface area contributed by atoms with E-state index in [4.69, 9.17) is 9.47 Å². The second kappa shape index (κ2) is 11.2. The molecule has 196 valence electrons. The number of ether oxygens (including phenoxy) is 2. The molecule has 1 atom stereocenters. The van der Waals surface area contributed by atoms with Crippen molar-refractivity contribution in [2.45, 2.75) is 38.0 Å². The van der Waals surface area contributed by atoms with Gasteiger partial charge in [-0.25, -0.2) is 9.36 Å². The quantitative estimate of drug-likeness (QED) is 0.305. The Morgan fingerprint density at radius 1 is 0.947 bits per heavy atom. The molecular formula is C31H32N2O5. The molecular weight excluding hydrogens is 480 g/mol. The van der Waals surface area contributed by atoms with E-state index in [1.54, 1.807) is 6.92 Å². The maximum absolute atomic E-state index is 13.4. The monoisotopic (exact) mass is 512 g/mol. The van der Waals surface area contributed by atoms with Gasteiger partial charge in [-0.2, -0.15) is 0 Å². The molecule has 1 saturated carbocycles. The predicted octanol–water partition coefficient (Wildman–Crippen LogP) is 4.52. The summed E-state index contributed by atoms with van der Waals surface area (Å²) in [5.41, 5.74) is 0.915. The lowest BCUT2D eigenvalue weighted by molar-refractivity contribution is -0.134. The molecule has 7 nitrogen and oxygen atoms in total. The maximum atomic E-state index is 13.4. The molecule has 1 aliphatic rings. The van der Waals surface area contributed by atoms with Crippen LogP contribution in [-0.4, -0.2) is 27.9 Å². The van der Waals surface area contributed by atoms with E-state index in [1.807, 2.05) is 84.9 Å². The molecule has 1 fully saturated rings. The molecule has 2 N–H and O–H groups in total. The molecule has 4 aromatic rings. The van der Waals surface area contributed by atoms with Crippen LogP contribution < -0.4 is 16.0 Å². The lowest BCUT2D eigenvalue weighted by Crippen LogP contribution is -2.47. The first kappa shape index (κ1) is 25.7. The van der Waals surface area contributed by atoms with Crippen LogP contribution >= 0.6 is 0 Å². The van der Waals surface area contributed by atoms with E-state index < -0.39 is 17.5 Å². The predicted molar refractivity (Wildman–Crippen MR) is 145 cm³/mol. The fourth-order valence-corrected chi connectivity index (χ4v) is 5.10. The Balaban J connectivity index is 1.78. The summed E-state index contributed by atoms with van der Waals surface area (Å²) in [6, 6.07) is 27.3. The summed E-state index contributed by atoms with van der Waals surface area (Å²) in [5.74, 6) is 0.582. The lowest BCUT2D eigenvalue weighted by Gasteiger charge is -2.43. The van der Waals surface area contributed by atoms with Crippen molar-refractivity contribution in [3.8, 4) is 5.75 Å². The molecule has 1 unspecified atom stereocenters. The average molecular weight is 513 g/mol. The summed E-state index contributed by atoms with van der Waals surface area (Å²) >= 11 is 0. The molecule has 0 amide bonds. The normalized spacial score (nSPS) is 14.6. The number of nitrogens with zero attached hydrogens (tertiary/aromatic N) is 1. The highest BCUT2D eigenvalue weighted by Gasteiger charge is 2.44. The number of hydrogen-bond acceptors (Lipinski definition) is 5. The number of nitrogens with one attached hydrogen (secondary N) is 1. The molecule has 0 saturated heterocycles. The minimum absolute atomic E-state index is 0.00350. The summed E-state index contributed by atoms with van der Waals surface area (Å²) in [4.78, 5) is 29.2. The number of hydrogen-bond donors (Lipinski definition) is 2. The maximum Gasteiger partial charge on any atom is 0.330 e. The van der Waals surface area contributed by atoms with Crippen LogP contribution in [0.5, 0.6) is 5.75 Å². The van der Waals surface area contributed by atoms with Crippen molar-refractivity contribution in [3.05, 3.63) is 134 Å². The number of aromatic amines is 1. The van der Waals surface area contributed by atoms with Gasteiger partial charge in [0.25, 0.3) is 5.56 Å². The van der Waals surface area contributed by atoms with Crippen LogP contribution in [0.15, 0.2) is 101 Å². The minimum atomic E-state index is -1.17. The van der Waals surface area contributed by atoms with Crippen LogP contribution in [0.4, 0.5) is 0 Å². The van der Waals surface area contributed by atoms with Crippen molar-refractivity contribution in [3.63, 3.8) is 0 Å². The van der Waals surface area contributed by atoms with E-state index in [9.17, 15) is 14.7 Å². The van der Waals surface area contributed by atoms with Crippen molar-refractivity contribution in [2.24, 2.45) is 5.92 Å². The van der Waals surface area contributed by atoms with Crippen molar-refractivity contribution >= 4 is 0 Å². The summed E-state index contributed by atoms with van der Waals surface area (Å²) in [5, 5.41) is 9.31. The van der Waals surface area contributed by atoms with Gasteiger partial charge in [0, 0.05) is 17.7 Å². The summed E-state index contributed by atoms with van der Waals surface area (Å²) in [6.07, 6.45) is 3.36. The Hall–Kier alpha value is -3.94. The fourth-order valence-electron chi connectivity index (χ4n) is 5.10. The third kappa shape index (κ3) is 4.83. The highest BCUT2D eigenvalue weighted by Crippen LogP contribution is 2.47. The number of aliphatic hydroxyl groups is 1. The highest BCUT2D eigenvalue weighted by atomic mass is 16.5.